The summed E-state index contributed by atoms with van der Waals surface area (Å²) in [5.74, 6) is -0.264. The van der Waals surface area contributed by atoms with Crippen LogP contribution in [0.25, 0.3) is 0 Å². The number of carbonyl (C=O) groups is 2. The molecular weight excluding hydrogens is 316 g/mol. The zero-order valence-corrected chi connectivity index (χ0v) is 15.1. The summed E-state index contributed by atoms with van der Waals surface area (Å²) >= 11 is 0. The van der Waals surface area contributed by atoms with Crippen LogP contribution in [0.2, 0.25) is 0 Å². The monoisotopic (exact) mass is 344 g/mol. The molecule has 0 unspecified atom stereocenters. The second-order valence-electron chi connectivity index (χ2n) is 6.63. The van der Waals surface area contributed by atoms with Crippen molar-refractivity contribution in [1.82, 2.24) is 9.80 Å². The van der Waals surface area contributed by atoms with Gasteiger partial charge in [-0.3, -0.25) is 9.69 Å². The van der Waals surface area contributed by atoms with E-state index in [0.29, 0.717) is 19.6 Å². The molecule has 1 saturated heterocycles. The van der Waals surface area contributed by atoms with Crippen molar-refractivity contribution in [3.63, 3.8) is 0 Å². The summed E-state index contributed by atoms with van der Waals surface area (Å²) in [5, 5.41) is 2.93. The summed E-state index contributed by atoms with van der Waals surface area (Å²) in [6.07, 6.45) is 1.80. The van der Waals surface area contributed by atoms with Crippen LogP contribution in [0.3, 0.4) is 0 Å². The van der Waals surface area contributed by atoms with Crippen LogP contribution in [0.4, 0.5) is 10.5 Å². The van der Waals surface area contributed by atoms with Gasteiger partial charge in [-0.2, -0.15) is 0 Å². The summed E-state index contributed by atoms with van der Waals surface area (Å²) in [5.41, 5.74) is 8.22. The molecule has 2 rings (SSSR count). The molecule has 0 aromatic heterocycles. The maximum Gasteiger partial charge on any atom is 0.322 e. The molecule has 25 heavy (non-hydrogen) atoms. The number of amides is 3. The Hall–Kier alpha value is -2.34. The minimum Gasteiger partial charge on any atom is -0.368 e. The van der Waals surface area contributed by atoms with E-state index in [1.54, 1.807) is 4.90 Å². The molecule has 3 N–H and O–H groups in total. The number of primary amides is 1. The molecule has 1 aliphatic rings. The number of hydrogen-bond donors (Lipinski definition) is 2. The minimum absolute atomic E-state index is 0.140. The lowest BCUT2D eigenvalue weighted by molar-refractivity contribution is -0.122. The fraction of sp³-hybridized carbons (Fsp3) is 0.474. The highest BCUT2D eigenvalue weighted by Gasteiger charge is 2.28. The van der Waals surface area contributed by atoms with Crippen molar-refractivity contribution in [2.45, 2.75) is 39.3 Å². The fourth-order valence-corrected chi connectivity index (χ4v) is 3.18. The predicted octanol–water partition coefficient (Wildman–Crippen LogP) is 2.57. The molecule has 1 atom stereocenters. The van der Waals surface area contributed by atoms with E-state index in [1.165, 1.54) is 0 Å². The van der Waals surface area contributed by atoms with Gasteiger partial charge in [0.25, 0.3) is 0 Å². The molecule has 1 aromatic carbocycles. The van der Waals surface area contributed by atoms with Crippen molar-refractivity contribution in [3.8, 4) is 0 Å². The summed E-state index contributed by atoms with van der Waals surface area (Å²) in [4.78, 5) is 27.7. The van der Waals surface area contributed by atoms with E-state index in [4.69, 9.17) is 5.73 Å². The smallest absolute Gasteiger partial charge is 0.322 e. The van der Waals surface area contributed by atoms with Gasteiger partial charge in [-0.05, 0) is 50.9 Å². The number of nitrogens with one attached hydrogen (secondary N) is 1. The van der Waals surface area contributed by atoms with E-state index >= 15 is 0 Å². The van der Waals surface area contributed by atoms with Crippen LogP contribution in [0, 0.1) is 0 Å². The fourth-order valence-electron chi connectivity index (χ4n) is 3.18. The lowest BCUT2D eigenvalue weighted by atomic mass is 10.1. The number of benzene rings is 1. The predicted molar refractivity (Wildman–Crippen MR) is 100 cm³/mol. The first-order valence-electron chi connectivity index (χ1n) is 8.73. The summed E-state index contributed by atoms with van der Waals surface area (Å²) in [6.45, 7) is 10.4. The molecule has 1 aliphatic heterocycles. The molecule has 136 valence electrons. The van der Waals surface area contributed by atoms with Crippen molar-refractivity contribution in [2.24, 2.45) is 5.73 Å². The Morgan fingerprint density at radius 1 is 1.44 bits per heavy atom. The molecule has 0 aliphatic carbocycles. The van der Waals surface area contributed by atoms with Gasteiger partial charge in [0.05, 0.1) is 6.04 Å². The number of nitrogens with zero attached hydrogens (tertiary/aromatic N) is 2. The number of urea groups is 1. The van der Waals surface area contributed by atoms with Gasteiger partial charge in [0.2, 0.25) is 5.91 Å². The molecule has 1 aromatic rings. The van der Waals surface area contributed by atoms with Crippen LogP contribution in [0.15, 0.2) is 36.4 Å². The van der Waals surface area contributed by atoms with Gasteiger partial charge < -0.3 is 16.0 Å². The van der Waals surface area contributed by atoms with Crippen LogP contribution in [0.1, 0.15) is 32.3 Å². The van der Waals surface area contributed by atoms with Crippen molar-refractivity contribution in [2.75, 3.05) is 25.0 Å². The van der Waals surface area contributed by atoms with Crippen molar-refractivity contribution < 1.29 is 9.59 Å². The molecule has 0 bridgehead atoms. The average molecular weight is 344 g/mol. The lowest BCUT2D eigenvalue weighted by Gasteiger charge is -2.23. The van der Waals surface area contributed by atoms with Crippen LogP contribution in [0.5, 0.6) is 0 Å². The largest absolute Gasteiger partial charge is 0.368 e. The number of likely N-dealkylation sites (N-methyl/N-ethyl adjacent to an activating group) is 1. The first-order valence-corrected chi connectivity index (χ1v) is 8.73. The van der Waals surface area contributed by atoms with E-state index in [0.717, 1.165) is 36.2 Å². The van der Waals surface area contributed by atoms with Gasteiger partial charge >= 0.3 is 6.03 Å². The number of anilines is 1. The van der Waals surface area contributed by atoms with E-state index < -0.39 is 0 Å². The first-order chi connectivity index (χ1) is 11.9. The summed E-state index contributed by atoms with van der Waals surface area (Å²) in [6, 6.07) is 7.39. The molecule has 1 heterocycles. The van der Waals surface area contributed by atoms with E-state index in [1.807, 2.05) is 38.1 Å². The van der Waals surface area contributed by atoms with E-state index in [9.17, 15) is 9.59 Å². The Balaban J connectivity index is 2.02. The minimum atomic E-state index is -0.264. The Labute approximate surface area is 149 Å². The second-order valence-corrected chi connectivity index (χ2v) is 6.63. The van der Waals surface area contributed by atoms with Crippen LogP contribution >= 0.6 is 0 Å². The Kier molecular flexibility index (Phi) is 6.58. The molecule has 0 radical (unpaired) electrons. The van der Waals surface area contributed by atoms with Gasteiger partial charge in [0.15, 0.2) is 0 Å². The molecule has 0 saturated carbocycles. The summed E-state index contributed by atoms with van der Waals surface area (Å²) < 4.78 is 0. The van der Waals surface area contributed by atoms with Crippen LogP contribution < -0.4 is 11.1 Å². The third-order valence-corrected chi connectivity index (χ3v) is 4.39. The van der Waals surface area contributed by atoms with Gasteiger partial charge in [0, 0.05) is 25.3 Å². The molecular formula is C19H28N4O2. The number of hydrogen-bond acceptors (Lipinski definition) is 3. The molecule has 0 spiro atoms. The van der Waals surface area contributed by atoms with Gasteiger partial charge in [0.1, 0.15) is 0 Å². The Bertz CT molecular complexity index is 644. The number of likely N-dealkylation sites (tertiary alicyclic amines) is 1. The van der Waals surface area contributed by atoms with Crippen molar-refractivity contribution in [1.29, 1.82) is 0 Å². The Morgan fingerprint density at radius 2 is 2.20 bits per heavy atom. The highest BCUT2D eigenvalue weighted by atomic mass is 16.2. The van der Waals surface area contributed by atoms with Gasteiger partial charge in [-0.15, -0.1) is 0 Å². The van der Waals surface area contributed by atoms with Crippen LogP contribution in [-0.2, 0) is 11.3 Å². The standard InChI is InChI=1S/C19H28N4O2/c1-4-22(12-14(2)3)19(25)21-16-8-5-7-15(11-16)13-23-10-6-9-17(23)18(20)24/h5,7-8,11,17H,2,4,6,9-10,12-13H2,1,3H3,(H2,20,24)(H,21,25)/t17-/m1/s1. The third kappa shape index (κ3) is 5.32. The third-order valence-electron chi connectivity index (χ3n) is 4.39. The molecule has 1 fully saturated rings. The summed E-state index contributed by atoms with van der Waals surface area (Å²) in [7, 11) is 0. The molecule has 3 amide bonds. The zero-order chi connectivity index (χ0) is 18.4. The Morgan fingerprint density at radius 3 is 2.84 bits per heavy atom. The first kappa shape index (κ1) is 19.0. The maximum atomic E-state index is 12.4. The molecule has 6 heteroatoms. The highest BCUT2D eigenvalue weighted by molar-refractivity contribution is 5.89. The number of nitrogens with two attached hydrogens (primary N) is 1. The normalized spacial score (nSPS) is 17.3. The van der Waals surface area contributed by atoms with Crippen LogP contribution in [-0.4, -0.2) is 47.4 Å². The lowest BCUT2D eigenvalue weighted by Crippen LogP contribution is -2.39. The van der Waals surface area contributed by atoms with Gasteiger partial charge in [-0.25, -0.2) is 4.79 Å². The zero-order valence-electron chi connectivity index (χ0n) is 15.1. The van der Waals surface area contributed by atoms with Gasteiger partial charge in [-0.1, -0.05) is 24.3 Å². The topological polar surface area (TPSA) is 78.7 Å². The molecule has 6 nitrogen and oxygen atoms in total. The second kappa shape index (κ2) is 8.67. The average Bonchev–Trinajstić information content (AvgIpc) is 3.01. The number of rotatable bonds is 7. The van der Waals surface area contributed by atoms with Crippen molar-refractivity contribution >= 4 is 17.6 Å². The van der Waals surface area contributed by atoms with Crippen molar-refractivity contribution in [3.05, 3.63) is 42.0 Å². The van der Waals surface area contributed by atoms with E-state index in [2.05, 4.69) is 16.8 Å². The highest BCUT2D eigenvalue weighted by Crippen LogP contribution is 2.21. The quantitative estimate of drug-likeness (QED) is 0.746. The SMILES string of the molecule is C=C(C)CN(CC)C(=O)Nc1cccc(CN2CCC[C@@H]2C(N)=O)c1. The maximum absolute atomic E-state index is 12.4. The number of carbonyl (C=O) groups excluding carboxylic acids is 2. The van der Waals surface area contributed by atoms with E-state index in [-0.39, 0.29) is 18.0 Å².